The minimum absolute atomic E-state index is 0.0458. The van der Waals surface area contributed by atoms with E-state index in [0.717, 1.165) is 40.8 Å². The number of para-hydroxylation sites is 1. The van der Waals surface area contributed by atoms with Gasteiger partial charge in [-0.2, -0.15) is 0 Å². The van der Waals surface area contributed by atoms with E-state index in [2.05, 4.69) is 30.4 Å². The lowest BCUT2D eigenvalue weighted by Crippen LogP contribution is -2.16. The number of carbonyl (C=O) groups excluding carboxylic acids is 1. The van der Waals surface area contributed by atoms with Crippen molar-refractivity contribution >= 4 is 11.6 Å². The SMILES string of the molecule is CCc1cccc(C)c1NC(=O)c1ccccc1Cc1ccccc1. The summed E-state index contributed by atoms with van der Waals surface area (Å²) in [5, 5.41) is 3.13. The number of nitrogens with one attached hydrogen (secondary N) is 1. The zero-order valence-electron chi connectivity index (χ0n) is 14.8. The Hall–Kier alpha value is -2.87. The zero-order valence-corrected chi connectivity index (χ0v) is 14.8. The van der Waals surface area contributed by atoms with E-state index >= 15 is 0 Å². The maximum Gasteiger partial charge on any atom is 0.255 e. The van der Waals surface area contributed by atoms with Gasteiger partial charge in [-0.15, -0.1) is 0 Å². The second-order valence-corrected chi connectivity index (χ2v) is 6.24. The molecular formula is C23H23NO. The predicted molar refractivity (Wildman–Crippen MR) is 104 cm³/mol. The quantitative estimate of drug-likeness (QED) is 0.667. The van der Waals surface area contributed by atoms with E-state index in [0.29, 0.717) is 0 Å². The van der Waals surface area contributed by atoms with Crippen molar-refractivity contribution in [1.29, 1.82) is 0 Å². The first-order valence-electron chi connectivity index (χ1n) is 8.70. The van der Waals surface area contributed by atoms with Gasteiger partial charge >= 0.3 is 0 Å². The van der Waals surface area contributed by atoms with Gasteiger partial charge < -0.3 is 5.32 Å². The molecule has 0 saturated heterocycles. The topological polar surface area (TPSA) is 29.1 Å². The average Bonchev–Trinajstić information content (AvgIpc) is 2.64. The van der Waals surface area contributed by atoms with Gasteiger partial charge in [0.2, 0.25) is 0 Å². The van der Waals surface area contributed by atoms with Gasteiger partial charge in [0.25, 0.3) is 5.91 Å². The number of anilines is 1. The van der Waals surface area contributed by atoms with Gasteiger partial charge in [0.15, 0.2) is 0 Å². The lowest BCUT2D eigenvalue weighted by molar-refractivity contribution is 0.102. The van der Waals surface area contributed by atoms with E-state index in [9.17, 15) is 4.79 Å². The molecule has 126 valence electrons. The normalized spacial score (nSPS) is 10.5. The van der Waals surface area contributed by atoms with Crippen LogP contribution in [-0.2, 0) is 12.8 Å². The van der Waals surface area contributed by atoms with E-state index in [-0.39, 0.29) is 5.91 Å². The van der Waals surface area contributed by atoms with Crippen molar-refractivity contribution in [3.8, 4) is 0 Å². The molecule has 0 saturated carbocycles. The average molecular weight is 329 g/mol. The second kappa shape index (κ2) is 7.80. The van der Waals surface area contributed by atoms with Crippen molar-refractivity contribution in [2.45, 2.75) is 26.7 Å². The van der Waals surface area contributed by atoms with Crippen LogP contribution in [0.25, 0.3) is 0 Å². The molecule has 25 heavy (non-hydrogen) atoms. The Labute approximate surface area is 149 Å². The summed E-state index contributed by atoms with van der Waals surface area (Å²) in [5.41, 5.74) is 6.16. The van der Waals surface area contributed by atoms with Crippen molar-refractivity contribution in [3.63, 3.8) is 0 Å². The van der Waals surface area contributed by atoms with Crippen LogP contribution in [0.15, 0.2) is 72.8 Å². The van der Waals surface area contributed by atoms with Crippen molar-refractivity contribution in [2.75, 3.05) is 5.32 Å². The Morgan fingerprint density at radius 1 is 0.840 bits per heavy atom. The van der Waals surface area contributed by atoms with E-state index in [4.69, 9.17) is 0 Å². The van der Waals surface area contributed by atoms with Crippen molar-refractivity contribution in [2.24, 2.45) is 0 Å². The van der Waals surface area contributed by atoms with Gasteiger partial charge in [0.05, 0.1) is 0 Å². The molecule has 0 heterocycles. The molecule has 0 spiro atoms. The summed E-state index contributed by atoms with van der Waals surface area (Å²) in [7, 11) is 0. The molecule has 1 amide bonds. The highest BCUT2D eigenvalue weighted by atomic mass is 16.1. The summed E-state index contributed by atoms with van der Waals surface area (Å²) in [6.07, 6.45) is 1.64. The first kappa shape index (κ1) is 17.0. The standard InChI is InChI=1S/C23H23NO/c1-3-19-14-9-10-17(2)22(19)24-23(25)21-15-8-7-13-20(21)16-18-11-5-4-6-12-18/h4-15H,3,16H2,1-2H3,(H,24,25). The van der Waals surface area contributed by atoms with Crippen LogP contribution in [0.2, 0.25) is 0 Å². The molecule has 0 aliphatic heterocycles. The van der Waals surface area contributed by atoms with E-state index in [1.807, 2.05) is 61.5 Å². The summed E-state index contributed by atoms with van der Waals surface area (Å²) >= 11 is 0. The fourth-order valence-corrected chi connectivity index (χ4v) is 3.09. The van der Waals surface area contributed by atoms with Crippen LogP contribution in [0.5, 0.6) is 0 Å². The third kappa shape index (κ3) is 3.97. The fourth-order valence-electron chi connectivity index (χ4n) is 3.09. The number of carbonyl (C=O) groups is 1. The third-order valence-electron chi connectivity index (χ3n) is 4.48. The number of benzene rings is 3. The molecule has 0 aromatic heterocycles. The summed E-state index contributed by atoms with van der Waals surface area (Å²) in [4.78, 5) is 12.9. The third-order valence-corrected chi connectivity index (χ3v) is 4.48. The molecule has 3 rings (SSSR count). The van der Waals surface area contributed by atoms with Crippen LogP contribution >= 0.6 is 0 Å². The molecular weight excluding hydrogens is 306 g/mol. The van der Waals surface area contributed by atoms with E-state index < -0.39 is 0 Å². The molecule has 0 fully saturated rings. The van der Waals surface area contributed by atoms with Gasteiger partial charge in [-0.05, 0) is 48.1 Å². The summed E-state index contributed by atoms with van der Waals surface area (Å²) in [6, 6.07) is 24.2. The largest absolute Gasteiger partial charge is 0.321 e. The van der Waals surface area contributed by atoms with Crippen molar-refractivity contribution < 1.29 is 4.79 Å². The van der Waals surface area contributed by atoms with E-state index in [1.54, 1.807) is 0 Å². The minimum Gasteiger partial charge on any atom is -0.321 e. The molecule has 3 aromatic rings. The lowest BCUT2D eigenvalue weighted by Gasteiger charge is -2.15. The molecule has 0 unspecified atom stereocenters. The number of aryl methyl sites for hydroxylation is 2. The fraction of sp³-hybridized carbons (Fsp3) is 0.174. The number of rotatable bonds is 5. The molecule has 0 aliphatic rings. The van der Waals surface area contributed by atoms with Crippen LogP contribution in [0.4, 0.5) is 5.69 Å². The smallest absolute Gasteiger partial charge is 0.255 e. The van der Waals surface area contributed by atoms with Crippen LogP contribution in [0.1, 0.15) is 39.5 Å². The predicted octanol–water partition coefficient (Wildman–Crippen LogP) is 5.40. The van der Waals surface area contributed by atoms with E-state index in [1.165, 1.54) is 5.56 Å². The molecule has 2 nitrogen and oxygen atoms in total. The summed E-state index contributed by atoms with van der Waals surface area (Å²) < 4.78 is 0. The molecule has 1 N–H and O–H groups in total. The highest BCUT2D eigenvalue weighted by Gasteiger charge is 2.14. The van der Waals surface area contributed by atoms with Crippen LogP contribution in [0, 0.1) is 6.92 Å². The molecule has 2 heteroatoms. The van der Waals surface area contributed by atoms with Crippen LogP contribution in [-0.4, -0.2) is 5.91 Å². The highest BCUT2D eigenvalue weighted by molar-refractivity contribution is 6.06. The Morgan fingerprint density at radius 3 is 2.28 bits per heavy atom. The number of hydrogen-bond acceptors (Lipinski definition) is 1. The summed E-state index contributed by atoms with van der Waals surface area (Å²) in [5.74, 6) is -0.0458. The zero-order chi connectivity index (χ0) is 17.6. The Bertz CT molecular complexity index is 868. The Balaban J connectivity index is 1.89. The molecule has 0 aliphatic carbocycles. The molecule has 3 aromatic carbocycles. The number of hydrogen-bond donors (Lipinski definition) is 1. The van der Waals surface area contributed by atoms with Gasteiger partial charge in [0, 0.05) is 11.3 Å². The minimum atomic E-state index is -0.0458. The van der Waals surface area contributed by atoms with Gasteiger partial charge in [-0.3, -0.25) is 4.79 Å². The summed E-state index contributed by atoms with van der Waals surface area (Å²) in [6.45, 7) is 4.14. The molecule has 0 radical (unpaired) electrons. The van der Waals surface area contributed by atoms with Gasteiger partial charge in [-0.1, -0.05) is 73.7 Å². The highest BCUT2D eigenvalue weighted by Crippen LogP contribution is 2.23. The maximum atomic E-state index is 12.9. The Kier molecular flexibility index (Phi) is 5.30. The van der Waals surface area contributed by atoms with Crippen LogP contribution in [0.3, 0.4) is 0 Å². The van der Waals surface area contributed by atoms with Crippen molar-refractivity contribution in [3.05, 3.63) is 101 Å². The molecule has 0 atom stereocenters. The van der Waals surface area contributed by atoms with Crippen LogP contribution < -0.4 is 5.32 Å². The monoisotopic (exact) mass is 329 g/mol. The van der Waals surface area contributed by atoms with Crippen molar-refractivity contribution in [1.82, 2.24) is 0 Å². The molecule has 0 bridgehead atoms. The van der Waals surface area contributed by atoms with Gasteiger partial charge in [-0.25, -0.2) is 0 Å². The first-order chi connectivity index (χ1) is 12.2. The van der Waals surface area contributed by atoms with Gasteiger partial charge in [0.1, 0.15) is 0 Å². The Morgan fingerprint density at radius 2 is 1.52 bits per heavy atom. The first-order valence-corrected chi connectivity index (χ1v) is 8.70. The second-order valence-electron chi connectivity index (χ2n) is 6.24. The number of amides is 1. The maximum absolute atomic E-state index is 12.9. The lowest BCUT2D eigenvalue weighted by atomic mass is 9.98.